The van der Waals surface area contributed by atoms with E-state index in [4.69, 9.17) is 9.47 Å². The highest BCUT2D eigenvalue weighted by Crippen LogP contribution is 2.32. The van der Waals surface area contributed by atoms with Gasteiger partial charge in [-0.2, -0.15) is 0 Å². The number of esters is 1. The number of rotatable bonds is 7. The van der Waals surface area contributed by atoms with E-state index < -0.39 is 12.0 Å². The van der Waals surface area contributed by atoms with Crippen LogP contribution >= 0.6 is 0 Å². The maximum absolute atomic E-state index is 12.6. The molecule has 1 heterocycles. The van der Waals surface area contributed by atoms with Gasteiger partial charge >= 0.3 is 12.0 Å². The van der Waals surface area contributed by atoms with Gasteiger partial charge in [0, 0.05) is 5.70 Å². The first-order valence-electron chi connectivity index (χ1n) is 9.43. The van der Waals surface area contributed by atoms with Gasteiger partial charge in [0.15, 0.2) is 0 Å². The first-order valence-corrected chi connectivity index (χ1v) is 9.43. The van der Waals surface area contributed by atoms with Crippen LogP contribution in [0.2, 0.25) is 0 Å². The fraction of sp³-hybridized carbons (Fsp3) is 0.273. The van der Waals surface area contributed by atoms with Crippen molar-refractivity contribution in [3.05, 3.63) is 71.4 Å². The molecule has 0 aliphatic carbocycles. The van der Waals surface area contributed by atoms with Crippen LogP contribution in [0.25, 0.3) is 0 Å². The van der Waals surface area contributed by atoms with Crippen molar-refractivity contribution in [1.82, 2.24) is 10.6 Å². The molecule has 0 spiro atoms. The van der Waals surface area contributed by atoms with Gasteiger partial charge in [-0.15, -0.1) is 0 Å². The monoisotopic (exact) mass is 380 g/mol. The standard InChI is InChI=1S/C22H24N2O4/c1-3-9-18-19(21(25)27-4-2)20(24-22(26)23-18)15-10-8-13-17(14-15)28-16-11-6-5-7-12-16/h5-8,10-14,20H,3-4,9H2,1-2H3,(H2,23,24,26). The molecule has 28 heavy (non-hydrogen) atoms. The van der Waals surface area contributed by atoms with Gasteiger partial charge in [0.1, 0.15) is 11.5 Å². The molecule has 0 saturated carbocycles. The summed E-state index contributed by atoms with van der Waals surface area (Å²) in [5.74, 6) is 0.899. The smallest absolute Gasteiger partial charge is 0.338 e. The molecule has 0 fully saturated rings. The van der Waals surface area contributed by atoms with E-state index in [0.29, 0.717) is 29.2 Å². The van der Waals surface area contributed by atoms with E-state index in [1.807, 2.05) is 61.5 Å². The lowest BCUT2D eigenvalue weighted by Gasteiger charge is -2.29. The van der Waals surface area contributed by atoms with Gasteiger partial charge in [-0.1, -0.05) is 43.7 Å². The van der Waals surface area contributed by atoms with Gasteiger partial charge in [-0.25, -0.2) is 9.59 Å². The second-order valence-corrected chi connectivity index (χ2v) is 6.38. The van der Waals surface area contributed by atoms with E-state index >= 15 is 0 Å². The normalized spacial score (nSPS) is 16.2. The number of ether oxygens (including phenoxy) is 2. The fourth-order valence-electron chi connectivity index (χ4n) is 3.15. The quantitative estimate of drug-likeness (QED) is 0.696. The van der Waals surface area contributed by atoms with Gasteiger partial charge in [-0.05, 0) is 43.2 Å². The summed E-state index contributed by atoms with van der Waals surface area (Å²) < 4.78 is 11.1. The van der Waals surface area contributed by atoms with Crippen molar-refractivity contribution in [3.8, 4) is 11.5 Å². The molecule has 0 saturated heterocycles. The topological polar surface area (TPSA) is 76.7 Å². The van der Waals surface area contributed by atoms with E-state index in [-0.39, 0.29) is 12.6 Å². The highest BCUT2D eigenvalue weighted by molar-refractivity contribution is 5.95. The second-order valence-electron chi connectivity index (χ2n) is 6.38. The lowest BCUT2D eigenvalue weighted by atomic mass is 9.93. The number of carbonyl (C=O) groups is 2. The van der Waals surface area contributed by atoms with E-state index in [2.05, 4.69) is 10.6 Å². The zero-order chi connectivity index (χ0) is 19.9. The zero-order valence-electron chi connectivity index (χ0n) is 16.0. The summed E-state index contributed by atoms with van der Waals surface area (Å²) in [6.45, 7) is 4.02. The van der Waals surface area contributed by atoms with Gasteiger partial charge in [-0.3, -0.25) is 0 Å². The Hall–Kier alpha value is -3.28. The van der Waals surface area contributed by atoms with Crippen molar-refractivity contribution < 1.29 is 19.1 Å². The first kappa shape index (κ1) is 19.5. The Balaban J connectivity index is 1.97. The minimum atomic E-state index is -0.603. The number of carbonyl (C=O) groups excluding carboxylic acids is 2. The number of urea groups is 1. The molecule has 2 N–H and O–H groups in total. The minimum absolute atomic E-state index is 0.263. The van der Waals surface area contributed by atoms with Gasteiger partial charge in [0.25, 0.3) is 0 Å². The van der Waals surface area contributed by atoms with Crippen LogP contribution < -0.4 is 15.4 Å². The molecule has 2 aromatic rings. The molecule has 146 valence electrons. The molecule has 1 aliphatic rings. The maximum Gasteiger partial charge on any atom is 0.338 e. The Morgan fingerprint density at radius 3 is 2.50 bits per heavy atom. The summed E-state index contributed by atoms with van der Waals surface area (Å²) in [4.78, 5) is 24.8. The number of benzene rings is 2. The van der Waals surface area contributed by atoms with Gasteiger partial charge in [0.2, 0.25) is 0 Å². The average molecular weight is 380 g/mol. The van der Waals surface area contributed by atoms with Crippen LogP contribution in [0.4, 0.5) is 4.79 Å². The molecule has 1 atom stereocenters. The van der Waals surface area contributed by atoms with Crippen molar-refractivity contribution in [3.63, 3.8) is 0 Å². The van der Waals surface area contributed by atoms with E-state index in [1.54, 1.807) is 6.92 Å². The number of amides is 2. The minimum Gasteiger partial charge on any atom is -0.463 e. The third-order valence-corrected chi connectivity index (χ3v) is 4.32. The van der Waals surface area contributed by atoms with Crippen molar-refractivity contribution in [2.24, 2.45) is 0 Å². The lowest BCUT2D eigenvalue weighted by molar-refractivity contribution is -0.139. The number of nitrogens with one attached hydrogen (secondary N) is 2. The largest absolute Gasteiger partial charge is 0.463 e. The molecule has 6 heteroatoms. The van der Waals surface area contributed by atoms with Gasteiger partial charge < -0.3 is 20.1 Å². The summed E-state index contributed by atoms with van der Waals surface area (Å²) in [6.07, 6.45) is 1.38. The van der Waals surface area contributed by atoms with Crippen molar-refractivity contribution in [2.75, 3.05) is 6.61 Å². The molecule has 2 amide bonds. The third-order valence-electron chi connectivity index (χ3n) is 4.32. The van der Waals surface area contributed by atoms with Crippen molar-refractivity contribution in [2.45, 2.75) is 32.7 Å². The molecule has 6 nitrogen and oxygen atoms in total. The Morgan fingerprint density at radius 2 is 1.79 bits per heavy atom. The fourth-order valence-corrected chi connectivity index (χ4v) is 3.15. The molecular weight excluding hydrogens is 356 g/mol. The van der Waals surface area contributed by atoms with Crippen LogP contribution in [0.3, 0.4) is 0 Å². The molecule has 1 aliphatic heterocycles. The third kappa shape index (κ3) is 4.52. The molecule has 0 aromatic heterocycles. The van der Waals surface area contributed by atoms with E-state index in [9.17, 15) is 9.59 Å². The Labute approximate surface area is 164 Å². The molecule has 1 unspecified atom stereocenters. The van der Waals surface area contributed by atoms with Crippen LogP contribution in [0.5, 0.6) is 11.5 Å². The second kappa shape index (κ2) is 9.08. The Bertz CT molecular complexity index is 877. The van der Waals surface area contributed by atoms with Gasteiger partial charge in [0.05, 0.1) is 18.2 Å². The lowest BCUT2D eigenvalue weighted by Crippen LogP contribution is -2.46. The van der Waals surface area contributed by atoms with Crippen LogP contribution in [-0.4, -0.2) is 18.6 Å². The molecule has 2 aromatic carbocycles. The summed E-state index contributed by atoms with van der Waals surface area (Å²) in [5, 5.41) is 5.60. The predicted octanol–water partition coefficient (Wildman–Crippen LogP) is 4.45. The van der Waals surface area contributed by atoms with Crippen LogP contribution in [0.1, 0.15) is 38.3 Å². The number of hydrogen-bond donors (Lipinski definition) is 2. The molecule has 3 rings (SSSR count). The van der Waals surface area contributed by atoms with E-state index in [0.717, 1.165) is 12.0 Å². The van der Waals surface area contributed by atoms with Crippen molar-refractivity contribution in [1.29, 1.82) is 0 Å². The highest BCUT2D eigenvalue weighted by atomic mass is 16.5. The number of para-hydroxylation sites is 1. The van der Waals surface area contributed by atoms with E-state index in [1.165, 1.54) is 0 Å². The van der Waals surface area contributed by atoms with Crippen LogP contribution in [0, 0.1) is 0 Å². The maximum atomic E-state index is 12.6. The number of hydrogen-bond acceptors (Lipinski definition) is 4. The summed E-state index contributed by atoms with van der Waals surface area (Å²) in [5.41, 5.74) is 1.78. The SMILES string of the molecule is CCCC1=C(C(=O)OCC)C(c2cccc(Oc3ccccc3)c2)NC(=O)N1. The molecule has 0 bridgehead atoms. The van der Waals surface area contributed by atoms with Crippen LogP contribution in [-0.2, 0) is 9.53 Å². The summed E-state index contributed by atoms with van der Waals surface area (Å²) >= 11 is 0. The van der Waals surface area contributed by atoms with Crippen LogP contribution in [0.15, 0.2) is 65.9 Å². The summed E-state index contributed by atoms with van der Waals surface area (Å²) in [7, 11) is 0. The van der Waals surface area contributed by atoms with Crippen molar-refractivity contribution >= 4 is 12.0 Å². The summed E-state index contributed by atoms with van der Waals surface area (Å²) in [6, 6.07) is 15.8. The number of allylic oxidation sites excluding steroid dienone is 1. The average Bonchev–Trinajstić information content (AvgIpc) is 2.69. The first-order chi connectivity index (χ1) is 13.6. The molecule has 0 radical (unpaired) electrons. The zero-order valence-corrected chi connectivity index (χ0v) is 16.0. The Morgan fingerprint density at radius 1 is 1.04 bits per heavy atom. The molecular formula is C22H24N2O4. The highest BCUT2D eigenvalue weighted by Gasteiger charge is 2.33. The predicted molar refractivity (Wildman–Crippen MR) is 106 cm³/mol. The Kier molecular flexibility index (Phi) is 6.32.